The lowest BCUT2D eigenvalue weighted by Crippen LogP contribution is -2.57. The molecule has 1 aliphatic heterocycles. The van der Waals surface area contributed by atoms with Gasteiger partial charge in [-0.15, -0.1) is 0 Å². The summed E-state index contributed by atoms with van der Waals surface area (Å²) in [6, 6.07) is -3.90. The molecule has 4 unspecified atom stereocenters. The molecule has 12 heteroatoms. The van der Waals surface area contributed by atoms with Crippen LogP contribution in [0.25, 0.3) is 0 Å². The van der Waals surface area contributed by atoms with Crippen molar-refractivity contribution in [2.45, 2.75) is 70.1 Å². The second-order valence-corrected chi connectivity index (χ2v) is 9.17. The predicted octanol–water partition coefficient (Wildman–Crippen LogP) is -0.449. The smallest absolute Gasteiger partial charge is 0.326 e. The topological polar surface area (TPSA) is 174 Å². The molecule has 32 heavy (non-hydrogen) atoms. The summed E-state index contributed by atoms with van der Waals surface area (Å²) in [6.07, 6.45) is 3.16. The third-order valence-corrected chi connectivity index (χ3v) is 5.60. The first-order valence-electron chi connectivity index (χ1n) is 10.6. The molecule has 0 aromatic carbocycles. The summed E-state index contributed by atoms with van der Waals surface area (Å²) >= 11 is 1.44. The Morgan fingerprint density at radius 3 is 2.12 bits per heavy atom. The normalized spacial score (nSPS) is 18.4. The number of aliphatic carboxylic acids is 2. The second-order valence-electron chi connectivity index (χ2n) is 8.18. The zero-order valence-corrected chi connectivity index (χ0v) is 19.5. The summed E-state index contributed by atoms with van der Waals surface area (Å²) in [5, 5.41) is 28.7. The fraction of sp³-hybridized carbons (Fsp3) is 0.750. The summed E-state index contributed by atoms with van der Waals surface area (Å²) in [7, 11) is 0. The minimum absolute atomic E-state index is 0.0908. The van der Waals surface area contributed by atoms with Crippen molar-refractivity contribution < 1.29 is 34.2 Å². The van der Waals surface area contributed by atoms with Gasteiger partial charge in [0.1, 0.15) is 18.1 Å². The lowest BCUT2D eigenvalue weighted by atomic mass is 10.0. The largest absolute Gasteiger partial charge is 0.481 e. The number of hydrogen-bond donors (Lipinski definition) is 6. The third-order valence-electron chi connectivity index (χ3n) is 4.95. The maximum Gasteiger partial charge on any atom is 0.326 e. The first-order valence-corrected chi connectivity index (χ1v) is 12.0. The Labute approximate surface area is 191 Å². The van der Waals surface area contributed by atoms with Crippen LogP contribution in [0.15, 0.2) is 0 Å². The molecule has 0 saturated carbocycles. The number of thioether (sulfide) groups is 1. The minimum Gasteiger partial charge on any atom is -0.481 e. The molecule has 0 aromatic heterocycles. The number of amides is 3. The van der Waals surface area contributed by atoms with Crippen molar-refractivity contribution in [3.8, 4) is 0 Å². The SMILES string of the molecule is CSCCC(NC(=O)C(CC(C)C)NC(=O)C1CCCN1)C(=O)NC(CC(=O)O)C(=O)O. The van der Waals surface area contributed by atoms with E-state index in [9.17, 15) is 29.1 Å². The molecule has 1 fully saturated rings. The van der Waals surface area contributed by atoms with E-state index in [1.165, 1.54) is 11.8 Å². The molecule has 1 heterocycles. The standard InChI is InChI=1S/C20H34N4O7S/c1-11(2)9-14(23-17(27)12-5-4-7-21-12)19(29)22-13(6-8-32-3)18(28)24-15(20(30)31)10-16(25)26/h11-15,21H,4-10H2,1-3H3,(H,22,29)(H,23,27)(H,24,28)(H,25,26)(H,30,31). The molecule has 6 N–H and O–H groups in total. The highest BCUT2D eigenvalue weighted by atomic mass is 32.2. The fourth-order valence-electron chi connectivity index (χ4n) is 3.31. The molecule has 1 saturated heterocycles. The Balaban J connectivity index is 2.90. The van der Waals surface area contributed by atoms with Gasteiger partial charge in [-0.1, -0.05) is 13.8 Å². The average Bonchev–Trinajstić information content (AvgIpc) is 3.24. The van der Waals surface area contributed by atoms with Crippen LogP contribution in [0.2, 0.25) is 0 Å². The number of nitrogens with one attached hydrogen (secondary N) is 4. The van der Waals surface area contributed by atoms with Crippen LogP contribution >= 0.6 is 11.8 Å². The number of rotatable bonds is 14. The molecule has 0 radical (unpaired) electrons. The average molecular weight is 475 g/mol. The van der Waals surface area contributed by atoms with Gasteiger partial charge >= 0.3 is 11.9 Å². The molecule has 0 spiro atoms. The molecule has 0 aromatic rings. The number of hydrogen-bond acceptors (Lipinski definition) is 7. The summed E-state index contributed by atoms with van der Waals surface area (Å²) in [6.45, 7) is 4.54. The van der Waals surface area contributed by atoms with E-state index in [0.717, 1.165) is 13.0 Å². The van der Waals surface area contributed by atoms with Gasteiger partial charge in [-0.3, -0.25) is 19.2 Å². The molecule has 3 amide bonds. The van der Waals surface area contributed by atoms with Crippen molar-refractivity contribution >= 4 is 41.4 Å². The zero-order valence-electron chi connectivity index (χ0n) is 18.7. The third kappa shape index (κ3) is 9.86. The highest BCUT2D eigenvalue weighted by Gasteiger charge is 2.32. The van der Waals surface area contributed by atoms with Crippen LogP contribution in [-0.2, 0) is 24.0 Å². The van der Waals surface area contributed by atoms with E-state index in [1.54, 1.807) is 0 Å². The van der Waals surface area contributed by atoms with Gasteiger partial charge in [0.05, 0.1) is 12.5 Å². The first kappa shape index (κ1) is 27.7. The number of carboxylic acid groups (broad SMARTS) is 2. The van der Waals surface area contributed by atoms with Crippen molar-refractivity contribution in [2.75, 3.05) is 18.6 Å². The molecule has 182 valence electrons. The van der Waals surface area contributed by atoms with Crippen LogP contribution in [0.1, 0.15) is 46.0 Å². The van der Waals surface area contributed by atoms with Crippen LogP contribution in [0.4, 0.5) is 0 Å². The Bertz CT molecular complexity index is 683. The van der Waals surface area contributed by atoms with Gasteiger partial charge in [-0.2, -0.15) is 11.8 Å². The molecule has 11 nitrogen and oxygen atoms in total. The monoisotopic (exact) mass is 474 g/mol. The summed E-state index contributed by atoms with van der Waals surface area (Å²) in [5.74, 6) is -3.87. The van der Waals surface area contributed by atoms with Gasteiger partial charge in [-0.25, -0.2) is 4.79 Å². The van der Waals surface area contributed by atoms with Crippen LogP contribution in [0.3, 0.4) is 0 Å². The quantitative estimate of drug-likeness (QED) is 0.195. The van der Waals surface area contributed by atoms with Gasteiger partial charge in [0, 0.05) is 0 Å². The first-order chi connectivity index (χ1) is 15.0. The lowest BCUT2D eigenvalue weighted by molar-refractivity contribution is -0.147. The Morgan fingerprint density at radius 1 is 1.00 bits per heavy atom. The van der Waals surface area contributed by atoms with Crippen LogP contribution in [0.5, 0.6) is 0 Å². The minimum atomic E-state index is -1.62. The van der Waals surface area contributed by atoms with E-state index < -0.39 is 48.3 Å². The lowest BCUT2D eigenvalue weighted by Gasteiger charge is -2.26. The van der Waals surface area contributed by atoms with Crippen molar-refractivity contribution in [1.82, 2.24) is 21.3 Å². The summed E-state index contributed by atoms with van der Waals surface area (Å²) < 4.78 is 0. The van der Waals surface area contributed by atoms with E-state index >= 15 is 0 Å². The molecule has 1 aliphatic rings. The predicted molar refractivity (Wildman–Crippen MR) is 119 cm³/mol. The van der Waals surface area contributed by atoms with E-state index in [1.807, 2.05) is 20.1 Å². The van der Waals surface area contributed by atoms with Gasteiger partial charge in [0.15, 0.2) is 0 Å². The van der Waals surface area contributed by atoms with Crippen LogP contribution in [0, 0.1) is 5.92 Å². The summed E-state index contributed by atoms with van der Waals surface area (Å²) in [4.78, 5) is 60.3. The Kier molecular flexibility index (Phi) is 12.1. The van der Waals surface area contributed by atoms with Gasteiger partial charge in [-0.05, 0) is 50.2 Å². The van der Waals surface area contributed by atoms with Gasteiger partial charge in [0.2, 0.25) is 17.7 Å². The summed E-state index contributed by atoms with van der Waals surface area (Å²) in [5.41, 5.74) is 0. The van der Waals surface area contributed by atoms with E-state index in [2.05, 4.69) is 21.3 Å². The van der Waals surface area contributed by atoms with Crippen molar-refractivity contribution in [3.63, 3.8) is 0 Å². The van der Waals surface area contributed by atoms with Crippen LogP contribution in [-0.4, -0.2) is 82.6 Å². The fourth-order valence-corrected chi connectivity index (χ4v) is 3.78. The zero-order chi connectivity index (χ0) is 24.3. The molecular formula is C20H34N4O7S. The second kappa shape index (κ2) is 13.9. The molecule has 1 rings (SSSR count). The Morgan fingerprint density at radius 2 is 1.62 bits per heavy atom. The van der Waals surface area contributed by atoms with Gasteiger partial charge < -0.3 is 31.5 Å². The Hall–Kier alpha value is -2.34. The van der Waals surface area contributed by atoms with E-state index in [-0.39, 0.29) is 24.3 Å². The van der Waals surface area contributed by atoms with Crippen LogP contribution < -0.4 is 21.3 Å². The molecule has 0 bridgehead atoms. The highest BCUT2D eigenvalue weighted by Crippen LogP contribution is 2.10. The molecular weight excluding hydrogens is 440 g/mol. The number of carbonyl (C=O) groups is 5. The highest BCUT2D eigenvalue weighted by molar-refractivity contribution is 7.98. The van der Waals surface area contributed by atoms with Crippen molar-refractivity contribution in [3.05, 3.63) is 0 Å². The van der Waals surface area contributed by atoms with Crippen molar-refractivity contribution in [1.29, 1.82) is 0 Å². The van der Waals surface area contributed by atoms with Gasteiger partial charge in [0.25, 0.3) is 0 Å². The number of carboxylic acids is 2. The van der Waals surface area contributed by atoms with Crippen molar-refractivity contribution in [2.24, 2.45) is 5.92 Å². The maximum absolute atomic E-state index is 13.0. The number of carbonyl (C=O) groups excluding carboxylic acids is 3. The van der Waals surface area contributed by atoms with E-state index in [0.29, 0.717) is 18.6 Å². The molecule has 0 aliphatic carbocycles. The van der Waals surface area contributed by atoms with E-state index in [4.69, 9.17) is 5.11 Å². The molecule has 4 atom stereocenters. The maximum atomic E-state index is 13.0.